The van der Waals surface area contributed by atoms with E-state index >= 15 is 0 Å². The van der Waals surface area contributed by atoms with Crippen LogP contribution in [0.2, 0.25) is 0 Å². The van der Waals surface area contributed by atoms with Gasteiger partial charge in [-0.1, -0.05) is 36.4 Å². The highest BCUT2D eigenvalue weighted by Crippen LogP contribution is 2.27. The molecule has 2 aliphatic heterocycles. The van der Waals surface area contributed by atoms with Crippen molar-refractivity contribution in [1.82, 2.24) is 19.4 Å². The van der Waals surface area contributed by atoms with Gasteiger partial charge in [0.1, 0.15) is 11.6 Å². The van der Waals surface area contributed by atoms with Crippen molar-refractivity contribution in [2.24, 2.45) is 0 Å². The second-order valence-corrected chi connectivity index (χ2v) is 25.8. The maximum absolute atomic E-state index is 14.7. The molecule has 26 heteroatoms. The normalized spacial score (nSPS) is 14.8. The van der Waals surface area contributed by atoms with E-state index in [0.717, 1.165) is 66.5 Å². The largest absolute Gasteiger partial charge is 0.465 e. The smallest absolute Gasteiger partial charge is 0.337 e. The van der Waals surface area contributed by atoms with Gasteiger partial charge in [-0.15, -0.1) is 12.4 Å². The minimum Gasteiger partial charge on any atom is -0.465 e. The van der Waals surface area contributed by atoms with Gasteiger partial charge < -0.3 is 14.8 Å². The molecular formula is C46H62Cl2F2N6O12S4. The molecule has 4 aromatic carbocycles. The van der Waals surface area contributed by atoms with Gasteiger partial charge in [-0.25, -0.2) is 52.0 Å². The predicted molar refractivity (Wildman–Crippen MR) is 277 cm³/mol. The monoisotopic (exact) mass is 1130 g/mol. The molecule has 1 N–H and O–H groups in total. The van der Waals surface area contributed by atoms with Crippen LogP contribution in [0.1, 0.15) is 56.8 Å². The van der Waals surface area contributed by atoms with Gasteiger partial charge >= 0.3 is 11.9 Å². The highest BCUT2D eigenvalue weighted by Gasteiger charge is 2.27. The predicted octanol–water partition coefficient (Wildman–Crippen LogP) is 5.03. The average molecular weight is 1130 g/mol. The molecule has 0 atom stereocenters. The third-order valence-electron chi connectivity index (χ3n) is 11.2. The second kappa shape index (κ2) is 27.7. The SMILES string of the molecule is CCS(=O)(=O)N(Cc1ccc(C(=O)OC)cc1F)c1cccc(CN2CCN(S(C)(=O)=O)CC2)c1.CCS(=O)(=O)N(Cc1ccc(C(=O)OC)cc1F)c1cccc(CN2CCNCC2)c1.CS(=O)(=O)Cl.Cl. The van der Waals surface area contributed by atoms with Crippen LogP contribution in [-0.4, -0.2) is 150 Å². The van der Waals surface area contributed by atoms with Crippen molar-refractivity contribution in [2.45, 2.75) is 40.0 Å². The summed E-state index contributed by atoms with van der Waals surface area (Å²) in [6, 6.07) is 22.1. The van der Waals surface area contributed by atoms with Crippen molar-refractivity contribution in [3.63, 3.8) is 0 Å². The van der Waals surface area contributed by atoms with E-state index in [1.54, 1.807) is 31.2 Å². The Morgan fingerprint density at radius 1 is 0.611 bits per heavy atom. The summed E-state index contributed by atoms with van der Waals surface area (Å²) in [4.78, 5) is 27.7. The van der Waals surface area contributed by atoms with Gasteiger partial charge in [-0.05, 0) is 73.5 Å². The summed E-state index contributed by atoms with van der Waals surface area (Å²) in [7, 11) is -6.90. The zero-order valence-corrected chi connectivity index (χ0v) is 45.6. The van der Waals surface area contributed by atoms with Crippen LogP contribution in [0.4, 0.5) is 20.2 Å². The summed E-state index contributed by atoms with van der Waals surface area (Å²) in [6.07, 6.45) is 2.12. The van der Waals surface area contributed by atoms with E-state index in [1.165, 1.54) is 60.3 Å². The molecular weight excluding hydrogens is 1070 g/mol. The summed E-state index contributed by atoms with van der Waals surface area (Å²) in [5, 5.41) is 3.31. The van der Waals surface area contributed by atoms with Gasteiger partial charge in [-0.3, -0.25) is 18.4 Å². The number of benzene rings is 4. The summed E-state index contributed by atoms with van der Waals surface area (Å²) >= 11 is 0. The Bertz CT molecular complexity index is 2920. The minimum atomic E-state index is -3.74. The summed E-state index contributed by atoms with van der Waals surface area (Å²) < 4.78 is 136. The van der Waals surface area contributed by atoms with Crippen LogP contribution in [-0.2, 0) is 74.8 Å². The number of piperazine rings is 2. The summed E-state index contributed by atoms with van der Waals surface area (Å²) in [6.45, 7) is 9.55. The lowest BCUT2D eigenvalue weighted by molar-refractivity contribution is 0.0591. The fourth-order valence-electron chi connectivity index (χ4n) is 7.39. The summed E-state index contributed by atoms with van der Waals surface area (Å²) in [5.41, 5.74) is 3.16. The summed E-state index contributed by atoms with van der Waals surface area (Å²) in [5.74, 6) is -2.98. The molecule has 2 aliphatic rings. The molecule has 0 unspecified atom stereocenters. The Balaban J connectivity index is 0.000000345. The molecule has 0 aromatic heterocycles. The number of ether oxygens (including phenoxy) is 2. The molecule has 72 heavy (non-hydrogen) atoms. The quantitative estimate of drug-likeness (QED) is 0.108. The van der Waals surface area contributed by atoms with Crippen molar-refractivity contribution in [1.29, 1.82) is 0 Å². The highest BCUT2D eigenvalue weighted by molar-refractivity contribution is 8.13. The number of carbonyl (C=O) groups is 2. The van der Waals surface area contributed by atoms with Crippen molar-refractivity contribution in [3.05, 3.63) is 130 Å². The van der Waals surface area contributed by atoms with Crippen LogP contribution in [0.3, 0.4) is 0 Å². The molecule has 4 aromatic rings. The molecule has 0 aliphatic carbocycles. The van der Waals surface area contributed by atoms with Gasteiger partial charge in [-0.2, -0.15) is 4.31 Å². The maximum Gasteiger partial charge on any atom is 0.337 e. The number of anilines is 2. The number of sulfonamides is 3. The lowest BCUT2D eigenvalue weighted by Crippen LogP contribution is -2.47. The molecule has 400 valence electrons. The molecule has 0 radical (unpaired) electrons. The lowest BCUT2D eigenvalue weighted by Gasteiger charge is -2.33. The average Bonchev–Trinajstić information content (AvgIpc) is 3.32. The first kappa shape index (κ1) is 61.8. The molecule has 6 rings (SSSR count). The van der Waals surface area contributed by atoms with Gasteiger partial charge in [0.05, 0.1) is 73.8 Å². The highest BCUT2D eigenvalue weighted by atomic mass is 35.7. The third-order valence-corrected chi connectivity index (χ3v) is 16.0. The topological polar surface area (TPSA) is 217 Å². The number of hydrogen-bond donors (Lipinski definition) is 1. The van der Waals surface area contributed by atoms with Crippen LogP contribution in [0.5, 0.6) is 0 Å². The molecule has 2 heterocycles. The second-order valence-electron chi connectivity index (χ2n) is 16.4. The molecule has 0 amide bonds. The number of methoxy groups -OCH3 is 2. The molecule has 0 spiro atoms. The number of rotatable bonds is 17. The number of nitrogens with zero attached hydrogens (tertiary/aromatic N) is 5. The van der Waals surface area contributed by atoms with Crippen molar-refractivity contribution in [2.75, 3.05) is 99.2 Å². The molecule has 2 fully saturated rings. The van der Waals surface area contributed by atoms with Crippen LogP contribution in [0.15, 0.2) is 84.9 Å². The van der Waals surface area contributed by atoms with E-state index in [0.29, 0.717) is 44.1 Å². The maximum atomic E-state index is 14.7. The zero-order valence-electron chi connectivity index (χ0n) is 40.8. The van der Waals surface area contributed by atoms with E-state index in [4.69, 9.17) is 0 Å². The van der Waals surface area contributed by atoms with Crippen molar-refractivity contribution in [3.8, 4) is 0 Å². The standard InChI is InChI=1S/C23H30FN3O6S2.C22H28FN3O4S.CH3ClO2S.ClH/c1-4-35(31,32)27(17-20-9-8-19(15-22(20)24)23(28)33-2)21-7-5-6-18(14-21)16-25-10-12-26(13-11-25)34(3,29)30;1-3-31(28,29)26(16-19-8-7-18(14-21(19)23)22(27)30-2)20-6-4-5-17(13-20)15-25-11-9-24-10-12-25;1-5(2,3)4;/h5-9,14-15H,4,10-13,16-17H2,1-3H3;4-8,13-14,24H,3,9-12,15-16H2,1-2H3;1H3;1H. The van der Waals surface area contributed by atoms with E-state index in [1.807, 2.05) is 24.3 Å². The zero-order chi connectivity index (χ0) is 52.7. The minimum absolute atomic E-state index is 0. The first-order valence-electron chi connectivity index (χ1n) is 22.2. The van der Waals surface area contributed by atoms with Crippen molar-refractivity contribution < 1.29 is 61.5 Å². The van der Waals surface area contributed by atoms with Crippen LogP contribution in [0, 0.1) is 11.6 Å². The van der Waals surface area contributed by atoms with E-state index < -0.39 is 62.7 Å². The fraction of sp³-hybridized carbons (Fsp3) is 0.435. The lowest BCUT2D eigenvalue weighted by atomic mass is 10.1. The number of esters is 2. The Morgan fingerprint density at radius 3 is 1.32 bits per heavy atom. The Labute approximate surface area is 433 Å². The molecule has 0 bridgehead atoms. The van der Waals surface area contributed by atoms with E-state index in [-0.39, 0.29) is 59.3 Å². The molecule has 0 saturated carbocycles. The fourth-order valence-corrected chi connectivity index (χ4v) is 10.4. The first-order chi connectivity index (χ1) is 33.3. The molecule has 18 nitrogen and oxygen atoms in total. The van der Waals surface area contributed by atoms with Gasteiger partial charge in [0.25, 0.3) is 0 Å². The van der Waals surface area contributed by atoms with Crippen LogP contribution >= 0.6 is 23.1 Å². The number of hydrogen-bond acceptors (Lipinski definition) is 15. The van der Waals surface area contributed by atoms with Gasteiger partial charge in [0, 0.05) is 87.3 Å². The molecule has 2 saturated heterocycles. The number of halogens is 4. The Kier molecular flexibility index (Phi) is 23.8. The Morgan fingerprint density at radius 2 is 0.986 bits per heavy atom. The number of carbonyl (C=O) groups excluding carboxylic acids is 2. The number of nitrogens with one attached hydrogen (secondary N) is 1. The van der Waals surface area contributed by atoms with Crippen molar-refractivity contribution >= 4 is 85.5 Å². The van der Waals surface area contributed by atoms with Gasteiger partial charge in [0.15, 0.2) is 0 Å². The van der Waals surface area contributed by atoms with Gasteiger partial charge in [0.2, 0.25) is 39.1 Å². The van der Waals surface area contributed by atoms with E-state index in [2.05, 4.69) is 35.3 Å². The third kappa shape index (κ3) is 19.1. The van der Waals surface area contributed by atoms with Crippen LogP contribution < -0.4 is 13.9 Å². The van der Waals surface area contributed by atoms with E-state index in [9.17, 15) is 52.0 Å². The van der Waals surface area contributed by atoms with Crippen LogP contribution in [0.25, 0.3) is 0 Å². The first-order valence-corrected chi connectivity index (χ1v) is 30.0. The Hall–Kier alpha value is -4.50.